The van der Waals surface area contributed by atoms with Crippen LogP contribution in [0.15, 0.2) is 18.2 Å². The van der Waals surface area contributed by atoms with Gasteiger partial charge in [0.2, 0.25) is 5.91 Å². The molecule has 1 atom stereocenters. The molecule has 0 aromatic heterocycles. The summed E-state index contributed by atoms with van der Waals surface area (Å²) in [6.07, 6.45) is 0. The number of primary amides is 1. The number of nitrogens with zero attached hydrogens (tertiary/aromatic N) is 1. The van der Waals surface area contributed by atoms with Crippen LogP contribution in [0.2, 0.25) is 5.02 Å². The molecule has 0 aliphatic heterocycles. The lowest BCUT2D eigenvalue weighted by Crippen LogP contribution is -2.38. The molecule has 1 amide bonds. The highest BCUT2D eigenvalue weighted by Crippen LogP contribution is 2.31. The van der Waals surface area contributed by atoms with E-state index in [1.165, 1.54) is 0 Å². The first kappa shape index (κ1) is 15.8. The van der Waals surface area contributed by atoms with Crippen LogP contribution in [0, 0.1) is 5.92 Å². The summed E-state index contributed by atoms with van der Waals surface area (Å²) >= 11 is 5.96. The van der Waals surface area contributed by atoms with Gasteiger partial charge >= 0.3 is 0 Å². The van der Waals surface area contributed by atoms with Gasteiger partial charge in [0.1, 0.15) is 5.75 Å². The Balaban J connectivity index is 3.00. The Hall–Kier alpha value is -1.26. The number of halogens is 1. The number of phenols is 1. The van der Waals surface area contributed by atoms with Crippen molar-refractivity contribution >= 4 is 17.5 Å². The molecule has 106 valence electrons. The fourth-order valence-electron chi connectivity index (χ4n) is 2.09. The average molecular weight is 285 g/mol. The molecule has 1 aromatic carbocycles. The average Bonchev–Trinajstić information content (AvgIpc) is 2.29. The number of phenolic OH excluding ortho intramolecular Hbond substituents is 1. The fraction of sp³-hybridized carbons (Fsp3) is 0.500. The van der Waals surface area contributed by atoms with Crippen molar-refractivity contribution in [3.05, 3.63) is 28.8 Å². The predicted octanol–water partition coefficient (Wildman–Crippen LogP) is 2.55. The van der Waals surface area contributed by atoms with Gasteiger partial charge in [-0.1, -0.05) is 25.4 Å². The molecule has 0 fully saturated rings. The molecule has 3 N–H and O–H groups in total. The third-order valence-electron chi connectivity index (χ3n) is 2.95. The number of benzene rings is 1. The molecule has 0 aliphatic rings. The molecule has 1 aromatic rings. The third-order valence-corrected chi connectivity index (χ3v) is 3.18. The zero-order valence-electron chi connectivity index (χ0n) is 11.6. The summed E-state index contributed by atoms with van der Waals surface area (Å²) in [6.45, 7) is 6.94. The summed E-state index contributed by atoms with van der Waals surface area (Å²) in [4.78, 5) is 13.1. The van der Waals surface area contributed by atoms with Gasteiger partial charge < -0.3 is 10.8 Å². The van der Waals surface area contributed by atoms with E-state index >= 15 is 0 Å². The number of nitrogens with two attached hydrogens (primary N) is 1. The zero-order chi connectivity index (χ0) is 14.6. The van der Waals surface area contributed by atoms with Gasteiger partial charge in [-0.05, 0) is 31.0 Å². The second kappa shape index (κ2) is 6.78. The quantitative estimate of drug-likeness (QED) is 0.844. The van der Waals surface area contributed by atoms with Crippen LogP contribution in [0.1, 0.15) is 32.4 Å². The Bertz CT molecular complexity index is 449. The second-order valence-corrected chi connectivity index (χ2v) is 5.61. The first-order chi connectivity index (χ1) is 8.81. The minimum Gasteiger partial charge on any atom is -0.508 e. The molecule has 19 heavy (non-hydrogen) atoms. The molecule has 0 heterocycles. The minimum absolute atomic E-state index is 0.131. The van der Waals surface area contributed by atoms with Crippen LogP contribution in [0.5, 0.6) is 5.75 Å². The lowest BCUT2D eigenvalue weighted by molar-refractivity contribution is -0.119. The van der Waals surface area contributed by atoms with E-state index in [1.54, 1.807) is 18.2 Å². The van der Waals surface area contributed by atoms with Crippen LogP contribution in [0.4, 0.5) is 0 Å². The highest BCUT2D eigenvalue weighted by molar-refractivity contribution is 6.30. The SMILES string of the molecule is CC(C)CN(CC(N)=O)C(C)c1cc(Cl)ccc1O. The van der Waals surface area contributed by atoms with Crippen molar-refractivity contribution in [2.75, 3.05) is 13.1 Å². The Morgan fingerprint density at radius 2 is 2.05 bits per heavy atom. The number of rotatable bonds is 6. The van der Waals surface area contributed by atoms with E-state index in [-0.39, 0.29) is 24.2 Å². The van der Waals surface area contributed by atoms with Crippen molar-refractivity contribution in [1.82, 2.24) is 4.90 Å². The summed E-state index contributed by atoms with van der Waals surface area (Å²) in [6, 6.07) is 4.78. The molecule has 0 spiro atoms. The second-order valence-electron chi connectivity index (χ2n) is 5.17. The predicted molar refractivity (Wildman–Crippen MR) is 77.1 cm³/mol. The van der Waals surface area contributed by atoms with Gasteiger partial charge in [0.15, 0.2) is 0 Å². The molecule has 1 rings (SSSR count). The highest BCUT2D eigenvalue weighted by atomic mass is 35.5. The summed E-state index contributed by atoms with van der Waals surface area (Å²) in [5, 5.41) is 10.5. The lowest BCUT2D eigenvalue weighted by Gasteiger charge is -2.30. The van der Waals surface area contributed by atoms with Crippen LogP contribution in [-0.4, -0.2) is 29.0 Å². The van der Waals surface area contributed by atoms with Gasteiger partial charge in [-0.15, -0.1) is 0 Å². The summed E-state index contributed by atoms with van der Waals surface area (Å²) < 4.78 is 0. The first-order valence-corrected chi connectivity index (χ1v) is 6.69. The van der Waals surface area contributed by atoms with Gasteiger partial charge in [0.25, 0.3) is 0 Å². The molecule has 0 bridgehead atoms. The number of hydrogen-bond donors (Lipinski definition) is 2. The number of amides is 1. The van der Waals surface area contributed by atoms with Crippen LogP contribution < -0.4 is 5.73 Å². The maximum Gasteiger partial charge on any atom is 0.231 e. The van der Waals surface area contributed by atoms with Crippen LogP contribution in [-0.2, 0) is 4.79 Å². The Morgan fingerprint density at radius 3 is 2.58 bits per heavy atom. The van der Waals surface area contributed by atoms with Crippen LogP contribution in [0.25, 0.3) is 0 Å². The van der Waals surface area contributed by atoms with Gasteiger partial charge in [-0.2, -0.15) is 0 Å². The maximum atomic E-state index is 11.2. The molecular weight excluding hydrogens is 264 g/mol. The van der Waals surface area contributed by atoms with Crippen LogP contribution >= 0.6 is 11.6 Å². The van der Waals surface area contributed by atoms with Crippen molar-refractivity contribution in [2.24, 2.45) is 11.7 Å². The first-order valence-electron chi connectivity index (χ1n) is 6.32. The van der Waals surface area contributed by atoms with Crippen molar-refractivity contribution in [3.63, 3.8) is 0 Å². The van der Waals surface area contributed by atoms with Gasteiger partial charge in [-0.25, -0.2) is 0 Å². The van der Waals surface area contributed by atoms with Gasteiger partial charge in [0.05, 0.1) is 6.54 Å². The largest absolute Gasteiger partial charge is 0.508 e. The highest BCUT2D eigenvalue weighted by Gasteiger charge is 2.21. The number of aromatic hydroxyl groups is 1. The summed E-state index contributed by atoms with van der Waals surface area (Å²) in [5.41, 5.74) is 5.99. The molecule has 0 radical (unpaired) electrons. The van der Waals surface area contributed by atoms with E-state index in [2.05, 4.69) is 13.8 Å². The van der Waals surface area contributed by atoms with E-state index in [1.807, 2.05) is 11.8 Å². The molecule has 0 saturated carbocycles. The zero-order valence-corrected chi connectivity index (χ0v) is 12.3. The Labute approximate surface area is 119 Å². The van der Waals surface area contributed by atoms with E-state index < -0.39 is 0 Å². The van der Waals surface area contributed by atoms with Crippen molar-refractivity contribution < 1.29 is 9.90 Å². The molecule has 0 saturated heterocycles. The summed E-state index contributed by atoms with van der Waals surface area (Å²) in [7, 11) is 0. The molecule has 0 aliphatic carbocycles. The normalized spacial score (nSPS) is 12.9. The van der Waals surface area contributed by atoms with Gasteiger partial charge in [-0.3, -0.25) is 9.69 Å². The maximum absolute atomic E-state index is 11.2. The summed E-state index contributed by atoms with van der Waals surface area (Å²) in [5.74, 6) is 0.187. The third kappa shape index (κ3) is 4.73. The standard InChI is InChI=1S/C14H21ClN2O2/c1-9(2)7-17(8-14(16)19)10(3)12-6-11(15)4-5-13(12)18/h4-6,9-10,18H,7-8H2,1-3H3,(H2,16,19). The van der Waals surface area contributed by atoms with E-state index in [4.69, 9.17) is 17.3 Å². The van der Waals surface area contributed by atoms with Gasteiger partial charge in [0, 0.05) is 23.2 Å². The molecule has 5 heteroatoms. The Morgan fingerprint density at radius 1 is 1.42 bits per heavy atom. The topological polar surface area (TPSA) is 66.6 Å². The number of carbonyl (C=O) groups excluding carboxylic acids is 1. The number of carbonyl (C=O) groups is 1. The molecule has 4 nitrogen and oxygen atoms in total. The van der Waals surface area contributed by atoms with E-state index in [0.717, 1.165) is 6.54 Å². The fourth-order valence-corrected chi connectivity index (χ4v) is 2.27. The minimum atomic E-state index is -0.381. The smallest absolute Gasteiger partial charge is 0.231 e. The molecular formula is C14H21ClN2O2. The van der Waals surface area contributed by atoms with Crippen molar-refractivity contribution in [2.45, 2.75) is 26.8 Å². The molecule has 1 unspecified atom stereocenters. The monoisotopic (exact) mass is 284 g/mol. The van der Waals surface area contributed by atoms with Crippen molar-refractivity contribution in [3.8, 4) is 5.75 Å². The van der Waals surface area contributed by atoms with Crippen LogP contribution in [0.3, 0.4) is 0 Å². The van der Waals surface area contributed by atoms with Crippen molar-refractivity contribution in [1.29, 1.82) is 0 Å². The van der Waals surface area contributed by atoms with E-state index in [0.29, 0.717) is 16.5 Å². The lowest BCUT2D eigenvalue weighted by atomic mass is 10.0. The Kier molecular flexibility index (Phi) is 5.63. The van der Waals surface area contributed by atoms with E-state index in [9.17, 15) is 9.90 Å². The number of hydrogen-bond acceptors (Lipinski definition) is 3.